The number of aromatic nitrogens is 4. The maximum Gasteiger partial charge on any atom is 0.332 e. The Morgan fingerprint density at radius 2 is 1.61 bits per heavy atom. The molecule has 2 aromatic rings. The number of nitrogens with zero attached hydrogens (tertiary/aromatic N) is 3. The largest absolute Gasteiger partial charge is 0.394 e. The summed E-state index contributed by atoms with van der Waals surface area (Å²) in [6.45, 7) is 4.91. The van der Waals surface area contributed by atoms with Gasteiger partial charge in [0.1, 0.15) is 23.8 Å². The molecule has 11 heteroatoms. The number of aryl methyl sites for hydroxylation is 1. The monoisotopic (exact) mass is 442 g/mol. The fourth-order valence-corrected chi connectivity index (χ4v) is 3.43. The van der Waals surface area contributed by atoms with Crippen LogP contribution in [0.15, 0.2) is 15.9 Å². The number of aliphatic hydroxyl groups excluding tert-OH is 4. The van der Waals surface area contributed by atoms with Gasteiger partial charge in [0.25, 0.3) is 5.56 Å². The third kappa shape index (κ3) is 6.01. The first-order chi connectivity index (χ1) is 14.9. The van der Waals surface area contributed by atoms with Crippen LogP contribution in [0, 0.1) is 0 Å². The Kier molecular flexibility index (Phi) is 9.85. The van der Waals surface area contributed by atoms with E-state index in [4.69, 9.17) is 20.4 Å². The van der Waals surface area contributed by atoms with Crippen LogP contribution >= 0.6 is 0 Å². The summed E-state index contributed by atoms with van der Waals surface area (Å²) in [6.07, 6.45) is 2.73. The smallest absolute Gasteiger partial charge is 0.332 e. The van der Waals surface area contributed by atoms with Gasteiger partial charge in [-0.25, -0.2) is 9.78 Å². The Hall–Kier alpha value is -2.05. The molecule has 1 aliphatic heterocycles. The van der Waals surface area contributed by atoms with Crippen LogP contribution in [0.1, 0.15) is 52.4 Å². The van der Waals surface area contributed by atoms with Gasteiger partial charge in [-0.15, -0.1) is 0 Å². The van der Waals surface area contributed by atoms with Crippen LogP contribution in [0.2, 0.25) is 0 Å². The predicted molar refractivity (Wildman–Crippen MR) is 114 cm³/mol. The molecule has 2 aromatic heterocycles. The lowest BCUT2D eigenvalue weighted by atomic mass is 10.1. The van der Waals surface area contributed by atoms with E-state index in [1.807, 2.05) is 0 Å². The van der Waals surface area contributed by atoms with Crippen LogP contribution < -0.4 is 11.2 Å². The molecule has 0 bridgehead atoms. The van der Waals surface area contributed by atoms with Crippen LogP contribution in [0.4, 0.5) is 0 Å². The molecule has 1 unspecified atom stereocenters. The van der Waals surface area contributed by atoms with Crippen molar-refractivity contribution in [3.05, 3.63) is 27.2 Å². The van der Waals surface area contributed by atoms with Gasteiger partial charge >= 0.3 is 5.69 Å². The molecule has 5 N–H and O–H groups in total. The van der Waals surface area contributed by atoms with Gasteiger partial charge in [-0.05, 0) is 12.8 Å². The third-order valence-electron chi connectivity index (χ3n) is 5.28. The van der Waals surface area contributed by atoms with Crippen LogP contribution in [-0.4, -0.2) is 70.7 Å². The van der Waals surface area contributed by atoms with Gasteiger partial charge in [0.15, 0.2) is 11.9 Å². The third-order valence-corrected chi connectivity index (χ3v) is 5.28. The summed E-state index contributed by atoms with van der Waals surface area (Å²) in [5, 5.41) is 35.0. The van der Waals surface area contributed by atoms with Crippen LogP contribution in [0.5, 0.6) is 0 Å². The molecule has 1 fully saturated rings. The molecule has 0 aromatic carbocycles. The number of imidazole rings is 1. The summed E-state index contributed by atoms with van der Waals surface area (Å²) in [7, 11) is 0. The second-order valence-electron chi connectivity index (χ2n) is 7.64. The molecule has 4 atom stereocenters. The van der Waals surface area contributed by atoms with Gasteiger partial charge in [-0.2, -0.15) is 0 Å². The summed E-state index contributed by atoms with van der Waals surface area (Å²) >= 11 is 0. The van der Waals surface area contributed by atoms with Crippen LogP contribution in [-0.2, 0) is 17.8 Å². The lowest BCUT2D eigenvalue weighted by Crippen LogP contribution is -2.40. The summed E-state index contributed by atoms with van der Waals surface area (Å²) in [4.78, 5) is 32.0. The molecule has 1 saturated heterocycles. The molecule has 31 heavy (non-hydrogen) atoms. The average molecular weight is 443 g/mol. The van der Waals surface area contributed by atoms with Gasteiger partial charge in [-0.3, -0.25) is 13.9 Å². The van der Waals surface area contributed by atoms with Crippen molar-refractivity contribution in [1.29, 1.82) is 0 Å². The number of rotatable bonds is 9. The molecular formula is C20H34N4O7. The van der Waals surface area contributed by atoms with E-state index in [1.165, 1.54) is 10.9 Å². The zero-order valence-electron chi connectivity index (χ0n) is 18.1. The molecule has 0 spiro atoms. The molecule has 3 heterocycles. The van der Waals surface area contributed by atoms with E-state index in [9.17, 15) is 9.59 Å². The van der Waals surface area contributed by atoms with E-state index >= 15 is 0 Å². The fourth-order valence-electron chi connectivity index (χ4n) is 3.43. The van der Waals surface area contributed by atoms with Gasteiger partial charge in [-0.1, -0.05) is 39.5 Å². The molecule has 11 nitrogen and oxygen atoms in total. The van der Waals surface area contributed by atoms with Crippen molar-refractivity contribution in [3.8, 4) is 0 Å². The normalized spacial score (nSPS) is 23.2. The maximum absolute atomic E-state index is 12.6. The standard InChI is InChI=1S/C15H24N4O2.C5H10O5/c1-3-5-7-9-18-13-12(16-11-17-13)14(20)19(15(18)21)10-8-6-4-2;6-1-2-3(7)4(8)5(9)10-2/h11H,3-10H2,1-2H3,(H,16,17);2-9H,1H2/t;2-,3-,4-,5?/m.1/s1. The molecule has 0 radical (unpaired) electrons. The first-order valence-corrected chi connectivity index (χ1v) is 10.8. The van der Waals surface area contributed by atoms with Crippen LogP contribution in [0.25, 0.3) is 11.2 Å². The number of aromatic amines is 1. The highest BCUT2D eigenvalue weighted by Gasteiger charge is 2.41. The average Bonchev–Trinajstić information content (AvgIpc) is 3.34. The first-order valence-electron chi connectivity index (χ1n) is 10.8. The number of nitrogens with one attached hydrogen (secondary N) is 1. The van der Waals surface area contributed by atoms with E-state index < -0.39 is 31.2 Å². The quantitative estimate of drug-likeness (QED) is 0.330. The van der Waals surface area contributed by atoms with Crippen molar-refractivity contribution in [2.75, 3.05) is 6.61 Å². The SMILES string of the molecule is CCCCCn1c(=O)c2[nH]cnc2n(CCCCC)c1=O.OC[C@H]1OC(O)[C@H](O)[C@@H]1O. The highest BCUT2D eigenvalue weighted by molar-refractivity contribution is 5.68. The van der Waals surface area contributed by atoms with Crippen molar-refractivity contribution < 1.29 is 25.2 Å². The van der Waals surface area contributed by atoms with E-state index in [0.29, 0.717) is 24.3 Å². The molecule has 0 amide bonds. The Morgan fingerprint density at radius 3 is 2.10 bits per heavy atom. The summed E-state index contributed by atoms with van der Waals surface area (Å²) < 4.78 is 7.52. The van der Waals surface area contributed by atoms with Gasteiger partial charge in [0, 0.05) is 13.1 Å². The summed E-state index contributed by atoms with van der Waals surface area (Å²) in [5.74, 6) is 0. The lowest BCUT2D eigenvalue weighted by Gasteiger charge is -2.11. The summed E-state index contributed by atoms with van der Waals surface area (Å²) in [5.41, 5.74) is 0.428. The van der Waals surface area contributed by atoms with E-state index in [-0.39, 0.29) is 11.2 Å². The number of hydrogen-bond acceptors (Lipinski definition) is 8. The Labute approximate surface area is 179 Å². The topological polar surface area (TPSA) is 163 Å². The number of hydrogen-bond donors (Lipinski definition) is 5. The zero-order valence-corrected chi connectivity index (χ0v) is 18.1. The van der Waals surface area contributed by atoms with E-state index in [2.05, 4.69) is 28.6 Å². The molecule has 0 aliphatic carbocycles. The second-order valence-corrected chi connectivity index (χ2v) is 7.64. The van der Waals surface area contributed by atoms with E-state index in [0.717, 1.165) is 38.5 Å². The molecular weight excluding hydrogens is 408 g/mol. The fraction of sp³-hybridized carbons (Fsp3) is 0.750. The van der Waals surface area contributed by atoms with Crippen molar-refractivity contribution in [2.45, 2.75) is 90.1 Å². The minimum absolute atomic E-state index is 0.230. The van der Waals surface area contributed by atoms with Gasteiger partial charge in [0.05, 0.1) is 12.9 Å². The molecule has 1 aliphatic rings. The maximum atomic E-state index is 12.6. The van der Waals surface area contributed by atoms with Crippen molar-refractivity contribution in [3.63, 3.8) is 0 Å². The lowest BCUT2D eigenvalue weighted by molar-refractivity contribution is -0.132. The minimum Gasteiger partial charge on any atom is -0.394 e. The minimum atomic E-state index is -1.38. The number of ether oxygens (including phenoxy) is 1. The number of fused-ring (bicyclic) bond motifs is 1. The Bertz CT molecular complexity index is 922. The molecule has 0 saturated carbocycles. The Morgan fingerprint density at radius 1 is 1.00 bits per heavy atom. The Balaban J connectivity index is 0.000000285. The second kappa shape index (κ2) is 12.1. The zero-order chi connectivity index (χ0) is 23.0. The number of unbranched alkanes of at least 4 members (excludes halogenated alkanes) is 4. The molecule has 3 rings (SSSR count). The van der Waals surface area contributed by atoms with Gasteiger partial charge in [0.2, 0.25) is 0 Å². The summed E-state index contributed by atoms with van der Waals surface area (Å²) in [6, 6.07) is 0. The first kappa shape index (κ1) is 25.2. The predicted octanol–water partition coefficient (Wildman–Crippen LogP) is -0.316. The van der Waals surface area contributed by atoms with Crippen molar-refractivity contribution in [1.82, 2.24) is 19.1 Å². The highest BCUT2D eigenvalue weighted by Crippen LogP contribution is 2.18. The van der Waals surface area contributed by atoms with Gasteiger partial charge < -0.3 is 30.1 Å². The highest BCUT2D eigenvalue weighted by atomic mass is 16.6. The van der Waals surface area contributed by atoms with Crippen molar-refractivity contribution in [2.24, 2.45) is 0 Å². The van der Waals surface area contributed by atoms with E-state index in [1.54, 1.807) is 4.57 Å². The number of aliphatic hydroxyl groups is 4. The molecule has 176 valence electrons. The van der Waals surface area contributed by atoms with Crippen LogP contribution in [0.3, 0.4) is 0 Å². The number of H-pyrrole nitrogens is 1. The van der Waals surface area contributed by atoms with Crippen molar-refractivity contribution >= 4 is 11.2 Å².